The molecule has 11 heteroatoms. The van der Waals surface area contributed by atoms with Gasteiger partial charge in [0, 0.05) is 12.1 Å². The number of hydrogen-bond acceptors (Lipinski definition) is 8. The highest BCUT2D eigenvalue weighted by atomic mass is 32.2. The Morgan fingerprint density at radius 2 is 1.83 bits per heavy atom. The fourth-order valence-corrected chi connectivity index (χ4v) is 10.7. The lowest BCUT2D eigenvalue weighted by Crippen LogP contribution is -2.48. The third kappa shape index (κ3) is 3.63. The average molecular weight is 400 g/mol. The van der Waals surface area contributed by atoms with Crippen LogP contribution in [0.5, 0.6) is 0 Å². The van der Waals surface area contributed by atoms with Crippen LogP contribution in [0.1, 0.15) is 6.42 Å². The van der Waals surface area contributed by atoms with Gasteiger partial charge in [-0.2, -0.15) is 0 Å². The summed E-state index contributed by atoms with van der Waals surface area (Å²) in [5.41, 5.74) is 0. The first-order valence-electron chi connectivity index (χ1n) is 7.03. The molecule has 1 aromatic rings. The van der Waals surface area contributed by atoms with Crippen LogP contribution in [0.4, 0.5) is 0 Å². The smallest absolute Gasteiger partial charge is 0.193 e. The zero-order valence-corrected chi connectivity index (χ0v) is 15.3. The van der Waals surface area contributed by atoms with E-state index in [-0.39, 0.29) is 27.5 Å². The average Bonchev–Trinajstić information content (AvgIpc) is 3.10. The Morgan fingerprint density at radius 1 is 1.09 bits per heavy atom. The van der Waals surface area contributed by atoms with Crippen LogP contribution in [0, 0.1) is 0 Å². The van der Waals surface area contributed by atoms with Crippen LogP contribution in [-0.4, -0.2) is 65.6 Å². The molecule has 23 heavy (non-hydrogen) atoms. The van der Waals surface area contributed by atoms with Crippen LogP contribution in [0.2, 0.25) is 0 Å². The van der Waals surface area contributed by atoms with Crippen molar-refractivity contribution in [1.82, 2.24) is 5.32 Å². The summed E-state index contributed by atoms with van der Waals surface area (Å²) < 4.78 is 72.5. The van der Waals surface area contributed by atoms with Gasteiger partial charge in [-0.25, -0.2) is 25.3 Å². The van der Waals surface area contributed by atoms with Crippen molar-refractivity contribution in [2.24, 2.45) is 0 Å². The zero-order chi connectivity index (χ0) is 16.9. The summed E-state index contributed by atoms with van der Waals surface area (Å²) in [5.74, 6) is -0.731. The van der Waals surface area contributed by atoms with Crippen molar-refractivity contribution < 1.29 is 25.3 Å². The predicted octanol–water partition coefficient (Wildman–Crippen LogP) is -0.536. The molecule has 0 aliphatic carbocycles. The fraction of sp³-hybridized carbons (Fsp3) is 0.667. The van der Waals surface area contributed by atoms with Gasteiger partial charge in [-0.05, 0) is 17.9 Å². The minimum absolute atomic E-state index is 0.0481. The van der Waals surface area contributed by atoms with Crippen molar-refractivity contribution in [3.63, 3.8) is 0 Å². The minimum Gasteiger partial charge on any atom is -0.308 e. The molecule has 2 fully saturated rings. The first kappa shape index (κ1) is 17.3. The van der Waals surface area contributed by atoms with Gasteiger partial charge in [0.1, 0.15) is 4.21 Å². The first-order valence-corrected chi connectivity index (χ1v) is 13.1. The monoisotopic (exact) mass is 399 g/mol. The molecular formula is C12H17NO6S4. The van der Waals surface area contributed by atoms with Crippen LogP contribution < -0.4 is 5.32 Å². The highest BCUT2D eigenvalue weighted by Gasteiger charge is 2.47. The number of thiophene rings is 1. The second-order valence-electron chi connectivity index (χ2n) is 5.97. The zero-order valence-electron chi connectivity index (χ0n) is 12.1. The molecule has 1 N–H and O–H groups in total. The maximum atomic E-state index is 12.7. The van der Waals surface area contributed by atoms with Crippen molar-refractivity contribution in [3.05, 3.63) is 17.5 Å². The van der Waals surface area contributed by atoms with Crippen molar-refractivity contribution in [2.75, 3.05) is 23.0 Å². The Balaban J connectivity index is 1.86. The molecule has 0 radical (unpaired) electrons. The summed E-state index contributed by atoms with van der Waals surface area (Å²) in [6, 6.07) is 1.90. The van der Waals surface area contributed by atoms with E-state index < -0.39 is 46.6 Å². The molecule has 3 atom stereocenters. The Bertz CT molecular complexity index is 885. The molecule has 0 bridgehead atoms. The third-order valence-corrected chi connectivity index (χ3v) is 11.5. The number of rotatable bonds is 4. The van der Waals surface area contributed by atoms with Gasteiger partial charge in [0.15, 0.2) is 29.5 Å². The number of hydrogen-bond donors (Lipinski definition) is 1. The molecule has 1 aromatic heterocycles. The second kappa shape index (κ2) is 5.80. The first-order chi connectivity index (χ1) is 10.6. The van der Waals surface area contributed by atoms with Gasteiger partial charge in [0.2, 0.25) is 0 Å². The molecule has 2 saturated heterocycles. The van der Waals surface area contributed by atoms with E-state index in [1.807, 2.05) is 0 Å². The van der Waals surface area contributed by atoms with E-state index >= 15 is 0 Å². The molecule has 0 amide bonds. The van der Waals surface area contributed by atoms with Crippen LogP contribution in [-0.2, 0) is 29.5 Å². The van der Waals surface area contributed by atoms with Crippen molar-refractivity contribution >= 4 is 40.8 Å². The van der Waals surface area contributed by atoms with E-state index in [0.717, 1.165) is 11.3 Å². The van der Waals surface area contributed by atoms with E-state index in [2.05, 4.69) is 5.32 Å². The third-order valence-electron chi connectivity index (χ3n) is 4.16. The maximum absolute atomic E-state index is 12.7. The van der Waals surface area contributed by atoms with E-state index in [9.17, 15) is 25.3 Å². The SMILES string of the molecule is O=S1(=O)CCC(N[C@H]2CS(=O)(=O)C[C@@H]2S(=O)(=O)c2cccs2)C1. The van der Waals surface area contributed by atoms with E-state index in [4.69, 9.17) is 0 Å². The molecule has 130 valence electrons. The quantitative estimate of drug-likeness (QED) is 0.723. The molecule has 0 aromatic carbocycles. The Labute approximate surface area is 139 Å². The van der Waals surface area contributed by atoms with Gasteiger partial charge in [-0.3, -0.25) is 0 Å². The minimum atomic E-state index is -3.76. The summed E-state index contributed by atoms with van der Waals surface area (Å²) in [6.45, 7) is 0. The molecule has 3 heterocycles. The molecule has 7 nitrogen and oxygen atoms in total. The molecule has 3 rings (SSSR count). The van der Waals surface area contributed by atoms with E-state index in [1.165, 1.54) is 6.07 Å². The summed E-state index contributed by atoms with van der Waals surface area (Å²) in [4.78, 5) is 0. The van der Waals surface area contributed by atoms with Crippen molar-refractivity contribution in [2.45, 2.75) is 28.0 Å². The van der Waals surface area contributed by atoms with Crippen LogP contribution in [0.25, 0.3) is 0 Å². The molecular weight excluding hydrogens is 382 g/mol. The second-order valence-corrected chi connectivity index (χ2v) is 13.7. The lowest BCUT2D eigenvalue weighted by atomic mass is 10.2. The van der Waals surface area contributed by atoms with Gasteiger partial charge < -0.3 is 5.32 Å². The summed E-state index contributed by atoms with van der Waals surface area (Å²) in [5, 5.41) is 3.53. The number of sulfone groups is 3. The topological polar surface area (TPSA) is 114 Å². The van der Waals surface area contributed by atoms with Gasteiger partial charge in [-0.15, -0.1) is 11.3 Å². The van der Waals surface area contributed by atoms with Crippen molar-refractivity contribution in [1.29, 1.82) is 0 Å². The number of nitrogens with one attached hydrogen (secondary N) is 1. The normalized spacial score (nSPS) is 33.0. The summed E-state index contributed by atoms with van der Waals surface area (Å²) >= 11 is 1.05. The van der Waals surface area contributed by atoms with E-state index in [1.54, 1.807) is 11.4 Å². The standard InChI is InChI=1S/C12H17NO6S4/c14-21(15)5-3-9(6-21)13-10-7-22(16,17)8-11(10)23(18,19)12-2-1-4-20-12/h1-2,4,9-11,13H,3,5-8H2/t9?,10-,11-/m0/s1. The largest absolute Gasteiger partial charge is 0.308 e. The van der Waals surface area contributed by atoms with Crippen LogP contribution >= 0.6 is 11.3 Å². The lowest BCUT2D eigenvalue weighted by molar-refractivity contribution is 0.469. The van der Waals surface area contributed by atoms with E-state index in [0.29, 0.717) is 6.42 Å². The molecule has 2 aliphatic rings. The lowest BCUT2D eigenvalue weighted by Gasteiger charge is -2.22. The summed E-state index contributed by atoms with van der Waals surface area (Å²) in [6.07, 6.45) is 0.380. The molecule has 2 aliphatic heterocycles. The maximum Gasteiger partial charge on any atom is 0.193 e. The highest BCUT2D eigenvalue weighted by Crippen LogP contribution is 2.29. The molecule has 0 spiro atoms. The van der Waals surface area contributed by atoms with Crippen molar-refractivity contribution in [3.8, 4) is 0 Å². The Hall–Kier alpha value is -0.490. The van der Waals surface area contributed by atoms with Crippen LogP contribution in [0.3, 0.4) is 0 Å². The summed E-state index contributed by atoms with van der Waals surface area (Å²) in [7, 11) is -10.4. The Kier molecular flexibility index (Phi) is 4.37. The van der Waals surface area contributed by atoms with Gasteiger partial charge in [0.25, 0.3) is 0 Å². The fourth-order valence-electron chi connectivity index (χ4n) is 3.08. The predicted molar refractivity (Wildman–Crippen MR) is 87.9 cm³/mol. The molecule has 0 saturated carbocycles. The Morgan fingerprint density at radius 3 is 2.39 bits per heavy atom. The van der Waals surface area contributed by atoms with Gasteiger partial charge in [0.05, 0.1) is 28.3 Å². The molecule has 1 unspecified atom stereocenters. The van der Waals surface area contributed by atoms with Crippen LogP contribution in [0.15, 0.2) is 21.7 Å². The van der Waals surface area contributed by atoms with Gasteiger partial charge >= 0.3 is 0 Å². The van der Waals surface area contributed by atoms with Gasteiger partial charge in [-0.1, -0.05) is 6.07 Å². The highest BCUT2D eigenvalue weighted by molar-refractivity contribution is 7.97.